The monoisotopic (exact) mass is 369 g/mol. The average molecular weight is 370 g/mol. The fourth-order valence-electron chi connectivity index (χ4n) is 2.39. The van der Waals surface area contributed by atoms with Crippen LogP contribution in [0.3, 0.4) is 0 Å². The highest BCUT2D eigenvalue weighted by Gasteiger charge is 2.13. The predicted molar refractivity (Wildman–Crippen MR) is 94.0 cm³/mol. The lowest BCUT2D eigenvalue weighted by Gasteiger charge is -2.23. The van der Waals surface area contributed by atoms with E-state index in [9.17, 15) is 0 Å². The summed E-state index contributed by atoms with van der Waals surface area (Å²) >= 11 is 8.70. The molecule has 2 rings (SSSR count). The van der Waals surface area contributed by atoms with E-state index in [4.69, 9.17) is 17.0 Å². The molecule has 6 heteroatoms. The van der Waals surface area contributed by atoms with Gasteiger partial charge in [-0.25, -0.2) is 0 Å². The van der Waals surface area contributed by atoms with Crippen LogP contribution in [0.2, 0.25) is 0 Å². The van der Waals surface area contributed by atoms with Crippen LogP contribution in [0.25, 0.3) is 0 Å². The Balaban J connectivity index is 1.81. The van der Waals surface area contributed by atoms with Crippen LogP contribution in [0.4, 0.5) is 0 Å². The van der Waals surface area contributed by atoms with Crippen LogP contribution >= 0.6 is 28.1 Å². The van der Waals surface area contributed by atoms with Gasteiger partial charge in [0.05, 0.1) is 17.8 Å². The van der Waals surface area contributed by atoms with Crippen LogP contribution in [-0.2, 0) is 0 Å². The zero-order valence-electron chi connectivity index (χ0n) is 12.1. The molecule has 114 valence electrons. The van der Waals surface area contributed by atoms with Gasteiger partial charge in [-0.2, -0.15) is 5.10 Å². The van der Waals surface area contributed by atoms with Crippen molar-refractivity contribution >= 4 is 39.5 Å². The summed E-state index contributed by atoms with van der Waals surface area (Å²) < 4.78 is 6.09. The van der Waals surface area contributed by atoms with Crippen molar-refractivity contribution in [2.75, 3.05) is 7.11 Å². The van der Waals surface area contributed by atoms with E-state index < -0.39 is 0 Å². The Bertz CT molecular complexity index is 516. The average Bonchev–Trinajstić information content (AvgIpc) is 2.48. The minimum absolute atomic E-state index is 0.490. The van der Waals surface area contributed by atoms with E-state index in [1.54, 1.807) is 13.3 Å². The molecule has 0 amide bonds. The molecule has 2 N–H and O–H groups in total. The fraction of sp³-hybridized carbons (Fsp3) is 0.467. The summed E-state index contributed by atoms with van der Waals surface area (Å²) in [5, 5.41) is 8.06. The molecule has 21 heavy (non-hydrogen) atoms. The zero-order chi connectivity index (χ0) is 15.1. The highest BCUT2D eigenvalue weighted by atomic mass is 79.9. The molecule has 0 radical (unpaired) electrons. The molecule has 1 fully saturated rings. The summed E-state index contributed by atoms with van der Waals surface area (Å²) in [6.45, 7) is 0. The van der Waals surface area contributed by atoms with Crippen molar-refractivity contribution in [1.29, 1.82) is 0 Å². The molecule has 4 nitrogen and oxygen atoms in total. The van der Waals surface area contributed by atoms with Crippen LogP contribution < -0.4 is 15.5 Å². The third-order valence-corrected chi connectivity index (χ3v) is 4.32. The highest BCUT2D eigenvalue weighted by molar-refractivity contribution is 9.10. The lowest BCUT2D eigenvalue weighted by atomic mass is 9.96. The zero-order valence-corrected chi connectivity index (χ0v) is 14.5. The predicted octanol–water partition coefficient (Wildman–Crippen LogP) is 3.59. The first kappa shape index (κ1) is 16.2. The van der Waals surface area contributed by atoms with Gasteiger partial charge in [-0.3, -0.25) is 5.43 Å². The minimum atomic E-state index is 0.490. The number of hydrogen-bond donors (Lipinski definition) is 2. The molecule has 1 aromatic carbocycles. The minimum Gasteiger partial charge on any atom is -0.496 e. The van der Waals surface area contributed by atoms with Crippen molar-refractivity contribution in [3.8, 4) is 5.75 Å². The summed E-state index contributed by atoms with van der Waals surface area (Å²) in [4.78, 5) is 0. The molecule has 1 saturated carbocycles. The summed E-state index contributed by atoms with van der Waals surface area (Å²) in [7, 11) is 1.64. The summed E-state index contributed by atoms with van der Waals surface area (Å²) in [6.07, 6.45) is 8.02. The molecule has 0 bridgehead atoms. The van der Waals surface area contributed by atoms with E-state index in [2.05, 4.69) is 31.8 Å². The Labute approximate surface area is 139 Å². The van der Waals surface area contributed by atoms with Gasteiger partial charge in [0, 0.05) is 6.04 Å². The van der Waals surface area contributed by atoms with Crippen LogP contribution in [0.15, 0.2) is 27.8 Å². The van der Waals surface area contributed by atoms with Crippen molar-refractivity contribution in [3.63, 3.8) is 0 Å². The largest absolute Gasteiger partial charge is 0.496 e. The number of benzene rings is 1. The number of ether oxygens (including phenoxy) is 1. The van der Waals surface area contributed by atoms with E-state index in [0.717, 1.165) is 15.8 Å². The summed E-state index contributed by atoms with van der Waals surface area (Å²) in [5.74, 6) is 0.801. The maximum Gasteiger partial charge on any atom is 0.187 e. The number of methoxy groups -OCH3 is 1. The molecule has 0 saturated heterocycles. The third kappa shape index (κ3) is 5.28. The molecule has 1 aliphatic carbocycles. The smallest absolute Gasteiger partial charge is 0.187 e. The van der Waals surface area contributed by atoms with Gasteiger partial charge in [0.2, 0.25) is 0 Å². The Kier molecular flexibility index (Phi) is 6.45. The van der Waals surface area contributed by atoms with Gasteiger partial charge in [-0.15, -0.1) is 0 Å². The van der Waals surface area contributed by atoms with Crippen molar-refractivity contribution in [2.24, 2.45) is 5.10 Å². The highest BCUT2D eigenvalue weighted by Crippen LogP contribution is 2.24. The van der Waals surface area contributed by atoms with Crippen molar-refractivity contribution < 1.29 is 4.74 Å². The van der Waals surface area contributed by atoms with Crippen molar-refractivity contribution in [1.82, 2.24) is 10.7 Å². The summed E-state index contributed by atoms with van der Waals surface area (Å²) in [5.41, 5.74) is 3.84. The lowest BCUT2D eigenvalue weighted by molar-refractivity contribution is 0.412. The van der Waals surface area contributed by atoms with E-state index in [-0.39, 0.29) is 0 Å². The van der Waals surface area contributed by atoms with Crippen LogP contribution in [0.1, 0.15) is 37.7 Å². The second-order valence-corrected chi connectivity index (χ2v) is 6.33. The van der Waals surface area contributed by atoms with Crippen LogP contribution in [0, 0.1) is 0 Å². The van der Waals surface area contributed by atoms with Gasteiger partial charge >= 0.3 is 0 Å². The van der Waals surface area contributed by atoms with Crippen molar-refractivity contribution in [3.05, 3.63) is 28.2 Å². The van der Waals surface area contributed by atoms with Crippen LogP contribution in [-0.4, -0.2) is 24.5 Å². The molecular formula is C15H20BrN3OS. The maximum atomic E-state index is 5.25. The maximum absolute atomic E-state index is 5.25. The topological polar surface area (TPSA) is 45.6 Å². The number of hydrazone groups is 1. The van der Waals surface area contributed by atoms with E-state index in [1.807, 2.05) is 18.2 Å². The van der Waals surface area contributed by atoms with Crippen molar-refractivity contribution in [2.45, 2.75) is 38.1 Å². The van der Waals surface area contributed by atoms with E-state index >= 15 is 0 Å². The molecule has 0 atom stereocenters. The molecule has 0 spiro atoms. The Hall–Kier alpha value is -1.14. The fourth-order valence-corrected chi connectivity index (χ4v) is 3.17. The number of hydrogen-bond acceptors (Lipinski definition) is 3. The molecule has 1 aromatic rings. The molecule has 0 unspecified atom stereocenters. The lowest BCUT2D eigenvalue weighted by Crippen LogP contribution is -2.40. The number of rotatable bonds is 4. The second-order valence-electron chi connectivity index (χ2n) is 5.07. The van der Waals surface area contributed by atoms with Crippen LogP contribution in [0.5, 0.6) is 5.75 Å². The van der Waals surface area contributed by atoms with Gasteiger partial charge in [-0.05, 0) is 64.8 Å². The second kappa shape index (κ2) is 8.34. The Morgan fingerprint density at radius 2 is 2.14 bits per heavy atom. The number of nitrogens with one attached hydrogen (secondary N) is 2. The first-order valence-electron chi connectivity index (χ1n) is 7.12. The van der Waals surface area contributed by atoms with Gasteiger partial charge in [0.25, 0.3) is 0 Å². The van der Waals surface area contributed by atoms with E-state index in [0.29, 0.717) is 11.2 Å². The van der Waals surface area contributed by atoms with E-state index in [1.165, 1.54) is 32.1 Å². The SMILES string of the molecule is COc1ccc(/C=N/NC(=S)NC2CCCCC2)cc1Br. The first-order chi connectivity index (χ1) is 10.2. The number of thiocarbonyl (C=S) groups is 1. The quantitative estimate of drug-likeness (QED) is 0.483. The molecule has 0 aliphatic heterocycles. The normalized spacial score (nSPS) is 15.9. The standard InChI is InChI=1S/C15H20BrN3OS/c1-20-14-8-7-11(9-13(14)16)10-17-19-15(21)18-12-5-3-2-4-6-12/h7-10,12H,2-6H2,1H3,(H2,18,19,21)/b17-10+. The number of halogens is 1. The van der Waals surface area contributed by atoms with Gasteiger partial charge in [-0.1, -0.05) is 19.3 Å². The Morgan fingerprint density at radius 3 is 2.81 bits per heavy atom. The number of nitrogens with zero attached hydrogens (tertiary/aromatic N) is 1. The Morgan fingerprint density at radius 1 is 1.38 bits per heavy atom. The van der Waals surface area contributed by atoms with Gasteiger partial charge in [0.1, 0.15) is 5.75 Å². The molecule has 0 aromatic heterocycles. The third-order valence-electron chi connectivity index (χ3n) is 3.50. The molecular weight excluding hydrogens is 350 g/mol. The first-order valence-corrected chi connectivity index (χ1v) is 8.32. The van der Waals surface area contributed by atoms with Gasteiger partial charge < -0.3 is 10.1 Å². The summed E-state index contributed by atoms with van der Waals surface area (Å²) in [6, 6.07) is 6.27. The molecule has 1 aliphatic rings. The molecule has 0 heterocycles. The van der Waals surface area contributed by atoms with Gasteiger partial charge in [0.15, 0.2) is 5.11 Å².